The van der Waals surface area contributed by atoms with Crippen LogP contribution in [0.2, 0.25) is 10.0 Å². The number of anilines is 1. The third-order valence-electron chi connectivity index (χ3n) is 4.62. The summed E-state index contributed by atoms with van der Waals surface area (Å²) in [6.07, 6.45) is 1.47. The number of hydrogen-bond donors (Lipinski definition) is 2. The van der Waals surface area contributed by atoms with Crippen molar-refractivity contribution in [3.63, 3.8) is 0 Å². The largest absolute Gasteiger partial charge is 0.494 e. The number of halogens is 2. The molecule has 0 aliphatic rings. The summed E-state index contributed by atoms with van der Waals surface area (Å²) in [4.78, 5) is 24.2. The highest BCUT2D eigenvalue weighted by Crippen LogP contribution is 2.28. The van der Waals surface area contributed by atoms with Gasteiger partial charge in [0.05, 0.1) is 23.5 Å². The molecule has 0 radical (unpaired) electrons. The van der Waals surface area contributed by atoms with Crippen molar-refractivity contribution in [1.29, 1.82) is 0 Å². The number of benzene rings is 2. The number of nitrogens with zero attached hydrogens (tertiary/aromatic N) is 2. The fourth-order valence-corrected chi connectivity index (χ4v) is 3.51. The number of nitrogens with one attached hydrogen (secondary N) is 2. The van der Waals surface area contributed by atoms with Crippen LogP contribution in [-0.4, -0.2) is 29.2 Å². The summed E-state index contributed by atoms with van der Waals surface area (Å²) in [6.45, 7) is 6.24. The van der Waals surface area contributed by atoms with Crippen LogP contribution in [0, 0.1) is 13.8 Å². The highest BCUT2D eigenvalue weighted by Gasteiger charge is 2.15. The van der Waals surface area contributed by atoms with Crippen LogP contribution >= 0.6 is 23.2 Å². The fourth-order valence-electron chi connectivity index (χ4n) is 3.15. The minimum atomic E-state index is -0.887. The first-order valence-corrected chi connectivity index (χ1v) is 10.6. The van der Waals surface area contributed by atoms with Crippen molar-refractivity contribution < 1.29 is 14.3 Å². The van der Waals surface area contributed by atoms with Crippen molar-refractivity contribution in [2.45, 2.75) is 20.8 Å². The maximum absolute atomic E-state index is 12.1. The first kappa shape index (κ1) is 23.4. The van der Waals surface area contributed by atoms with Crippen LogP contribution in [0.4, 0.5) is 5.69 Å². The number of carbonyl (C=O) groups is 2. The van der Waals surface area contributed by atoms with Crippen molar-refractivity contribution in [3.8, 4) is 11.4 Å². The second-order valence-corrected chi connectivity index (χ2v) is 7.71. The van der Waals surface area contributed by atoms with Gasteiger partial charge in [0.25, 0.3) is 0 Å². The molecule has 2 amide bonds. The molecule has 2 aromatic carbocycles. The van der Waals surface area contributed by atoms with Gasteiger partial charge >= 0.3 is 11.8 Å². The molecule has 0 bridgehead atoms. The van der Waals surface area contributed by atoms with Crippen molar-refractivity contribution >= 4 is 46.9 Å². The van der Waals surface area contributed by atoms with Crippen LogP contribution < -0.4 is 15.5 Å². The molecule has 166 valence electrons. The van der Waals surface area contributed by atoms with Crippen LogP contribution in [0.15, 0.2) is 53.6 Å². The highest BCUT2D eigenvalue weighted by atomic mass is 35.5. The molecule has 0 saturated heterocycles. The van der Waals surface area contributed by atoms with Gasteiger partial charge in [0, 0.05) is 27.7 Å². The van der Waals surface area contributed by atoms with Gasteiger partial charge in [0.2, 0.25) is 0 Å². The topological polar surface area (TPSA) is 84.7 Å². The molecule has 0 unspecified atom stereocenters. The van der Waals surface area contributed by atoms with Crippen molar-refractivity contribution in [1.82, 2.24) is 9.99 Å². The van der Waals surface area contributed by atoms with Crippen LogP contribution in [0.3, 0.4) is 0 Å². The molecule has 9 heteroatoms. The third kappa shape index (κ3) is 5.49. The molecule has 0 spiro atoms. The van der Waals surface area contributed by atoms with E-state index < -0.39 is 11.8 Å². The molecule has 2 N–H and O–H groups in total. The predicted octanol–water partition coefficient (Wildman–Crippen LogP) is 4.89. The molecule has 0 aliphatic carbocycles. The summed E-state index contributed by atoms with van der Waals surface area (Å²) in [5.41, 5.74) is 5.97. The zero-order chi connectivity index (χ0) is 23.3. The SMILES string of the molecule is CCOc1ccc(NC(=O)C(=O)N/N=C\c2cc(C)n(-c3cc(Cl)ccc3Cl)c2C)cc1. The van der Waals surface area contributed by atoms with E-state index in [1.807, 2.05) is 31.4 Å². The van der Waals surface area contributed by atoms with E-state index in [1.54, 1.807) is 42.5 Å². The van der Waals surface area contributed by atoms with Gasteiger partial charge in [-0.3, -0.25) is 9.59 Å². The van der Waals surface area contributed by atoms with Gasteiger partial charge in [-0.2, -0.15) is 5.10 Å². The second-order valence-electron chi connectivity index (χ2n) is 6.87. The number of aryl methyl sites for hydroxylation is 1. The van der Waals surface area contributed by atoms with Crippen molar-refractivity contribution in [2.75, 3.05) is 11.9 Å². The fraction of sp³-hybridized carbons (Fsp3) is 0.174. The van der Waals surface area contributed by atoms with Crippen molar-refractivity contribution in [3.05, 3.63) is 75.5 Å². The molecule has 1 aromatic heterocycles. The Hall–Kier alpha value is -3.29. The summed E-state index contributed by atoms with van der Waals surface area (Å²) >= 11 is 12.5. The smallest absolute Gasteiger partial charge is 0.329 e. The van der Waals surface area contributed by atoms with Crippen LogP contribution in [0.5, 0.6) is 5.75 Å². The molecular formula is C23H22Cl2N4O3. The molecule has 1 heterocycles. The first-order chi connectivity index (χ1) is 15.3. The van der Waals surface area contributed by atoms with E-state index in [1.165, 1.54) is 6.21 Å². The zero-order valence-corrected chi connectivity index (χ0v) is 19.3. The molecule has 0 atom stereocenters. The number of hydrazone groups is 1. The minimum absolute atomic E-state index is 0.472. The summed E-state index contributed by atoms with van der Waals surface area (Å²) in [5, 5.41) is 7.54. The first-order valence-electron chi connectivity index (χ1n) is 9.81. The molecule has 3 rings (SSSR count). The Bertz CT molecular complexity index is 1170. The van der Waals surface area contributed by atoms with Gasteiger partial charge in [0.15, 0.2) is 0 Å². The van der Waals surface area contributed by atoms with Gasteiger partial charge in [0.1, 0.15) is 5.75 Å². The number of carbonyl (C=O) groups excluding carboxylic acids is 2. The Morgan fingerprint density at radius 2 is 1.78 bits per heavy atom. The van der Waals surface area contributed by atoms with E-state index in [-0.39, 0.29) is 0 Å². The molecule has 32 heavy (non-hydrogen) atoms. The maximum Gasteiger partial charge on any atom is 0.329 e. The van der Waals surface area contributed by atoms with E-state index >= 15 is 0 Å². The lowest BCUT2D eigenvalue weighted by Crippen LogP contribution is -2.32. The Balaban J connectivity index is 1.66. The van der Waals surface area contributed by atoms with E-state index in [2.05, 4.69) is 15.8 Å². The number of hydrogen-bond acceptors (Lipinski definition) is 4. The maximum atomic E-state index is 12.1. The van der Waals surface area contributed by atoms with Crippen LogP contribution in [-0.2, 0) is 9.59 Å². The van der Waals surface area contributed by atoms with Crippen molar-refractivity contribution in [2.24, 2.45) is 5.10 Å². The quantitative estimate of drug-likeness (QED) is 0.304. The van der Waals surface area contributed by atoms with E-state index in [0.29, 0.717) is 28.1 Å². The van der Waals surface area contributed by atoms with Crippen LogP contribution in [0.1, 0.15) is 23.9 Å². The molecular weight excluding hydrogens is 451 g/mol. The second kappa shape index (κ2) is 10.3. The standard InChI is InChI=1S/C23H22Cl2N4O3/c1-4-32-19-8-6-18(7-9-19)27-22(30)23(31)28-26-13-16-11-14(2)29(15(16)3)21-12-17(24)5-10-20(21)25/h5-13H,4H2,1-3H3,(H,27,30)(H,28,31)/b26-13-. The van der Waals surface area contributed by atoms with E-state index in [4.69, 9.17) is 27.9 Å². The van der Waals surface area contributed by atoms with Gasteiger partial charge in [-0.05, 0) is 69.3 Å². The number of ether oxygens (including phenoxy) is 1. The molecule has 3 aromatic rings. The Morgan fingerprint density at radius 1 is 1.06 bits per heavy atom. The van der Waals surface area contributed by atoms with Gasteiger partial charge in [-0.25, -0.2) is 5.43 Å². The Morgan fingerprint density at radius 3 is 2.47 bits per heavy atom. The zero-order valence-electron chi connectivity index (χ0n) is 17.8. The molecule has 0 aliphatic heterocycles. The van der Waals surface area contributed by atoms with Gasteiger partial charge in [-0.1, -0.05) is 23.2 Å². The molecule has 0 fully saturated rings. The monoisotopic (exact) mass is 472 g/mol. The lowest BCUT2D eigenvalue weighted by Gasteiger charge is -2.12. The summed E-state index contributed by atoms with van der Waals surface area (Å²) in [6, 6.07) is 13.8. The van der Waals surface area contributed by atoms with Gasteiger partial charge < -0.3 is 14.6 Å². The predicted molar refractivity (Wildman–Crippen MR) is 127 cm³/mol. The summed E-state index contributed by atoms with van der Waals surface area (Å²) in [7, 11) is 0. The van der Waals surface area contributed by atoms with Gasteiger partial charge in [-0.15, -0.1) is 0 Å². The van der Waals surface area contributed by atoms with E-state index in [0.717, 1.165) is 22.6 Å². The third-order valence-corrected chi connectivity index (χ3v) is 5.17. The van der Waals surface area contributed by atoms with E-state index in [9.17, 15) is 9.59 Å². The normalized spacial score (nSPS) is 10.9. The number of rotatable bonds is 6. The average molecular weight is 473 g/mol. The molecule has 0 saturated carbocycles. The average Bonchev–Trinajstić information content (AvgIpc) is 3.04. The minimum Gasteiger partial charge on any atom is -0.494 e. The summed E-state index contributed by atoms with van der Waals surface area (Å²) < 4.78 is 7.28. The Labute approximate surface area is 196 Å². The molecule has 7 nitrogen and oxygen atoms in total. The Kier molecular flexibility index (Phi) is 7.56. The lowest BCUT2D eigenvalue weighted by molar-refractivity contribution is -0.136. The number of amides is 2. The van der Waals surface area contributed by atoms with Crippen LogP contribution in [0.25, 0.3) is 5.69 Å². The number of aromatic nitrogens is 1. The lowest BCUT2D eigenvalue weighted by atomic mass is 10.2. The summed E-state index contributed by atoms with van der Waals surface area (Å²) in [5.74, 6) is -1.04. The highest BCUT2D eigenvalue weighted by molar-refractivity contribution is 6.39.